The summed E-state index contributed by atoms with van der Waals surface area (Å²) in [5.74, 6) is 3.04. The van der Waals surface area contributed by atoms with Gasteiger partial charge < -0.3 is 15.4 Å². The molecule has 1 rings (SSSR count). The number of hydrogen-bond donors (Lipinski definition) is 2. The van der Waals surface area contributed by atoms with Gasteiger partial charge in [0.05, 0.1) is 6.61 Å². The van der Waals surface area contributed by atoms with Gasteiger partial charge in [-0.1, -0.05) is 12.1 Å². The fourth-order valence-electron chi connectivity index (χ4n) is 2.12. The summed E-state index contributed by atoms with van der Waals surface area (Å²) >= 11 is 1.90. The summed E-state index contributed by atoms with van der Waals surface area (Å²) in [6.07, 6.45) is 4.56. The first-order chi connectivity index (χ1) is 10.7. The average molecular weight is 451 g/mol. The van der Waals surface area contributed by atoms with Gasteiger partial charge in [0, 0.05) is 20.1 Å². The molecule has 4 nitrogen and oxygen atoms in total. The van der Waals surface area contributed by atoms with Gasteiger partial charge in [0.2, 0.25) is 0 Å². The van der Waals surface area contributed by atoms with Crippen LogP contribution in [0.5, 0.6) is 5.75 Å². The minimum absolute atomic E-state index is 0. The number of halogens is 1. The van der Waals surface area contributed by atoms with E-state index in [1.54, 1.807) is 7.05 Å². The van der Waals surface area contributed by atoms with Crippen LogP contribution >= 0.6 is 35.7 Å². The molecule has 0 saturated carbocycles. The van der Waals surface area contributed by atoms with E-state index in [1.165, 1.54) is 29.7 Å². The first-order valence-electron chi connectivity index (χ1n) is 7.87. The van der Waals surface area contributed by atoms with Gasteiger partial charge in [-0.15, -0.1) is 24.0 Å². The summed E-state index contributed by atoms with van der Waals surface area (Å²) in [5.41, 5.74) is 2.40. The summed E-state index contributed by atoms with van der Waals surface area (Å²) in [6.45, 7) is 6.50. The molecule has 0 atom stereocenters. The first-order valence-corrected chi connectivity index (χ1v) is 9.26. The van der Waals surface area contributed by atoms with E-state index in [1.807, 2.05) is 24.8 Å². The van der Waals surface area contributed by atoms with Crippen LogP contribution in [-0.4, -0.2) is 38.2 Å². The van der Waals surface area contributed by atoms with Crippen molar-refractivity contribution in [1.82, 2.24) is 10.6 Å². The number of hydrogen-bond acceptors (Lipinski definition) is 3. The van der Waals surface area contributed by atoms with Crippen molar-refractivity contribution in [3.8, 4) is 5.75 Å². The molecule has 1 aromatic rings. The molecule has 0 aliphatic carbocycles. The Kier molecular flexibility index (Phi) is 13.4. The highest BCUT2D eigenvalue weighted by atomic mass is 127. The van der Waals surface area contributed by atoms with Crippen LogP contribution in [0.2, 0.25) is 0 Å². The third kappa shape index (κ3) is 9.30. The number of guanidine groups is 1. The number of thioether (sulfide) groups is 1. The van der Waals surface area contributed by atoms with Gasteiger partial charge in [0.25, 0.3) is 0 Å². The van der Waals surface area contributed by atoms with Crippen molar-refractivity contribution in [2.75, 3.05) is 32.2 Å². The van der Waals surface area contributed by atoms with Gasteiger partial charge >= 0.3 is 0 Å². The van der Waals surface area contributed by atoms with Crippen molar-refractivity contribution in [3.63, 3.8) is 0 Å². The Bertz CT molecular complexity index is 469. The fourth-order valence-corrected chi connectivity index (χ4v) is 2.62. The zero-order valence-corrected chi connectivity index (χ0v) is 17.8. The van der Waals surface area contributed by atoms with Gasteiger partial charge in [0.1, 0.15) is 5.75 Å². The van der Waals surface area contributed by atoms with E-state index in [9.17, 15) is 0 Å². The zero-order chi connectivity index (χ0) is 16.2. The lowest BCUT2D eigenvalue weighted by Crippen LogP contribution is -2.37. The topological polar surface area (TPSA) is 45.6 Å². The number of ether oxygens (including phenoxy) is 1. The number of rotatable bonds is 9. The van der Waals surface area contributed by atoms with Crippen LogP contribution in [0.1, 0.15) is 30.9 Å². The Morgan fingerprint density at radius 2 is 2.04 bits per heavy atom. The highest BCUT2D eigenvalue weighted by Crippen LogP contribution is 2.18. The maximum Gasteiger partial charge on any atom is 0.191 e. The average Bonchev–Trinajstić information content (AvgIpc) is 2.52. The molecule has 0 unspecified atom stereocenters. The predicted molar refractivity (Wildman–Crippen MR) is 114 cm³/mol. The van der Waals surface area contributed by atoms with Crippen LogP contribution in [0.3, 0.4) is 0 Å². The molecule has 0 heterocycles. The second kappa shape index (κ2) is 13.8. The third-order valence-corrected chi connectivity index (χ3v) is 3.99. The summed E-state index contributed by atoms with van der Waals surface area (Å²) in [7, 11) is 1.81. The van der Waals surface area contributed by atoms with E-state index in [2.05, 4.69) is 40.9 Å². The minimum atomic E-state index is 0. The number of aryl methyl sites for hydroxylation is 1. The van der Waals surface area contributed by atoms with E-state index in [0.29, 0.717) is 6.61 Å². The van der Waals surface area contributed by atoms with Crippen molar-refractivity contribution in [2.24, 2.45) is 4.99 Å². The Hall–Kier alpha value is -0.630. The molecule has 0 bridgehead atoms. The smallest absolute Gasteiger partial charge is 0.191 e. The number of nitrogens with zero attached hydrogens (tertiary/aromatic N) is 1. The Balaban J connectivity index is 0.00000484. The summed E-state index contributed by atoms with van der Waals surface area (Å²) < 4.78 is 5.57. The van der Waals surface area contributed by atoms with Crippen molar-refractivity contribution >= 4 is 41.7 Å². The second-order valence-corrected chi connectivity index (χ2v) is 6.07. The molecule has 0 amide bonds. The largest absolute Gasteiger partial charge is 0.494 e. The molecule has 0 radical (unpaired) electrons. The second-order valence-electron chi connectivity index (χ2n) is 5.09. The molecule has 0 fully saturated rings. The predicted octanol–water partition coefficient (Wildman–Crippen LogP) is 3.82. The highest BCUT2D eigenvalue weighted by molar-refractivity contribution is 14.0. The van der Waals surface area contributed by atoms with Crippen LogP contribution in [0.25, 0.3) is 0 Å². The van der Waals surface area contributed by atoms with E-state index < -0.39 is 0 Å². The van der Waals surface area contributed by atoms with E-state index in [0.717, 1.165) is 24.8 Å². The van der Waals surface area contributed by atoms with Gasteiger partial charge in [0.15, 0.2) is 5.96 Å². The molecule has 0 aromatic heterocycles. The molecule has 132 valence electrons. The summed E-state index contributed by atoms with van der Waals surface area (Å²) in [6, 6.07) is 6.29. The SMILES string of the molecule is CCOc1ccc(CNC(=NC)NCCCCSC)cc1C.I. The summed E-state index contributed by atoms with van der Waals surface area (Å²) in [4.78, 5) is 4.25. The lowest BCUT2D eigenvalue weighted by molar-refractivity contribution is 0.338. The molecular weight excluding hydrogens is 421 g/mol. The summed E-state index contributed by atoms with van der Waals surface area (Å²) in [5, 5.41) is 6.70. The Labute approximate surface area is 162 Å². The van der Waals surface area contributed by atoms with Crippen LogP contribution in [0.4, 0.5) is 0 Å². The zero-order valence-electron chi connectivity index (χ0n) is 14.6. The third-order valence-electron chi connectivity index (χ3n) is 3.29. The Morgan fingerprint density at radius 1 is 1.26 bits per heavy atom. The number of aliphatic imine (C=N–C) groups is 1. The fraction of sp³-hybridized carbons (Fsp3) is 0.588. The lowest BCUT2D eigenvalue weighted by Gasteiger charge is -2.13. The van der Waals surface area contributed by atoms with Crippen LogP contribution in [-0.2, 0) is 6.54 Å². The van der Waals surface area contributed by atoms with Crippen molar-refractivity contribution in [1.29, 1.82) is 0 Å². The molecule has 23 heavy (non-hydrogen) atoms. The van der Waals surface area contributed by atoms with Crippen molar-refractivity contribution in [2.45, 2.75) is 33.2 Å². The highest BCUT2D eigenvalue weighted by Gasteiger charge is 2.02. The first kappa shape index (κ1) is 22.4. The normalized spacial score (nSPS) is 10.9. The molecule has 0 aliphatic rings. The lowest BCUT2D eigenvalue weighted by atomic mass is 10.1. The molecule has 0 aliphatic heterocycles. The van der Waals surface area contributed by atoms with Gasteiger partial charge in [-0.25, -0.2) is 0 Å². The quantitative estimate of drug-likeness (QED) is 0.259. The van der Waals surface area contributed by atoms with E-state index in [-0.39, 0.29) is 24.0 Å². The molecule has 1 aromatic carbocycles. The standard InChI is InChI=1S/C17H29N3OS.HI/c1-5-21-16-9-8-15(12-14(16)2)13-20-17(18-3)19-10-6-7-11-22-4;/h8-9,12H,5-7,10-11,13H2,1-4H3,(H2,18,19,20);1H. The monoisotopic (exact) mass is 451 g/mol. The maximum atomic E-state index is 5.57. The molecule has 6 heteroatoms. The van der Waals surface area contributed by atoms with Gasteiger partial charge in [-0.05, 0) is 55.9 Å². The van der Waals surface area contributed by atoms with Gasteiger partial charge in [-0.2, -0.15) is 11.8 Å². The van der Waals surface area contributed by atoms with Crippen LogP contribution in [0.15, 0.2) is 23.2 Å². The van der Waals surface area contributed by atoms with Crippen molar-refractivity contribution in [3.05, 3.63) is 29.3 Å². The van der Waals surface area contributed by atoms with Crippen LogP contribution < -0.4 is 15.4 Å². The Morgan fingerprint density at radius 3 is 2.65 bits per heavy atom. The van der Waals surface area contributed by atoms with Crippen LogP contribution in [0, 0.1) is 6.92 Å². The minimum Gasteiger partial charge on any atom is -0.494 e. The number of unbranched alkanes of at least 4 members (excludes halogenated alkanes) is 1. The molecular formula is C17H30IN3OS. The van der Waals surface area contributed by atoms with Crippen molar-refractivity contribution < 1.29 is 4.74 Å². The number of benzene rings is 1. The van der Waals surface area contributed by atoms with E-state index in [4.69, 9.17) is 4.74 Å². The van der Waals surface area contributed by atoms with Gasteiger partial charge in [-0.3, -0.25) is 4.99 Å². The molecule has 0 spiro atoms. The number of nitrogens with one attached hydrogen (secondary N) is 2. The molecule has 2 N–H and O–H groups in total. The van der Waals surface area contributed by atoms with E-state index >= 15 is 0 Å². The maximum absolute atomic E-state index is 5.57. The molecule has 0 saturated heterocycles.